The first-order valence-electron chi connectivity index (χ1n) is 11.0. The molecule has 1 atom stereocenters. The van der Waals surface area contributed by atoms with Gasteiger partial charge in [-0.3, -0.25) is 4.98 Å². The third-order valence-corrected chi connectivity index (χ3v) is 5.64. The molecule has 2 aromatic rings. The molecule has 32 heavy (non-hydrogen) atoms. The fourth-order valence-corrected chi connectivity index (χ4v) is 3.92. The number of aliphatic imine (C=N–C) groups is 1. The van der Waals surface area contributed by atoms with Crippen LogP contribution in [0.4, 0.5) is 10.1 Å². The summed E-state index contributed by atoms with van der Waals surface area (Å²) in [5, 5.41) is 3.47. The molecule has 0 saturated heterocycles. The number of pyridine rings is 1. The molecule has 0 spiro atoms. The van der Waals surface area contributed by atoms with Gasteiger partial charge < -0.3 is 10.2 Å². The standard InChI is InChI=1S/C27H33FN4/c1-8-9-25(29-18(2)3)32-17-16-19(4)26-23(32)14-15-24(30-26)27(6,7)31-20(5)21-10-12-22(28)13-11-21/h8-15,19,31H,2,5,16-17H2,1,3-4,6-7H3/b9-8-,29-25?. The summed E-state index contributed by atoms with van der Waals surface area (Å²) < 4.78 is 13.3. The molecule has 0 aliphatic carbocycles. The van der Waals surface area contributed by atoms with E-state index in [9.17, 15) is 4.39 Å². The minimum atomic E-state index is -0.458. The lowest BCUT2D eigenvalue weighted by atomic mass is 9.92. The molecule has 3 rings (SSSR count). The number of allylic oxidation sites excluding steroid dienone is 2. The van der Waals surface area contributed by atoms with E-state index in [1.165, 1.54) is 12.1 Å². The Kier molecular flexibility index (Phi) is 6.97. The highest BCUT2D eigenvalue weighted by molar-refractivity contribution is 6.06. The smallest absolute Gasteiger partial charge is 0.132 e. The molecule has 1 N–H and O–H groups in total. The monoisotopic (exact) mass is 432 g/mol. The fourth-order valence-electron chi connectivity index (χ4n) is 3.92. The summed E-state index contributed by atoms with van der Waals surface area (Å²) in [6, 6.07) is 10.5. The number of fused-ring (bicyclic) bond motifs is 1. The molecule has 0 fully saturated rings. The van der Waals surface area contributed by atoms with Gasteiger partial charge in [0.05, 0.1) is 22.6 Å². The van der Waals surface area contributed by atoms with Crippen molar-refractivity contribution in [3.05, 3.63) is 90.2 Å². The van der Waals surface area contributed by atoms with Gasteiger partial charge in [0.25, 0.3) is 0 Å². The Morgan fingerprint density at radius 2 is 1.91 bits per heavy atom. The number of nitrogens with zero attached hydrogens (tertiary/aromatic N) is 3. The Balaban J connectivity index is 1.93. The molecular weight excluding hydrogens is 399 g/mol. The van der Waals surface area contributed by atoms with Crippen LogP contribution in [0.3, 0.4) is 0 Å². The topological polar surface area (TPSA) is 40.5 Å². The first-order valence-corrected chi connectivity index (χ1v) is 11.0. The second-order valence-electron chi connectivity index (χ2n) is 8.88. The summed E-state index contributed by atoms with van der Waals surface area (Å²) >= 11 is 0. The molecule has 1 aromatic heterocycles. The molecule has 2 heterocycles. The van der Waals surface area contributed by atoms with E-state index in [0.29, 0.717) is 5.92 Å². The molecule has 1 aliphatic heterocycles. The largest absolute Gasteiger partial charge is 0.375 e. The molecule has 1 aliphatic rings. The summed E-state index contributed by atoms with van der Waals surface area (Å²) in [6.45, 7) is 19.2. The van der Waals surface area contributed by atoms with Crippen LogP contribution in [0.15, 0.2) is 72.4 Å². The summed E-state index contributed by atoms with van der Waals surface area (Å²) in [5.74, 6) is 0.960. The van der Waals surface area contributed by atoms with Gasteiger partial charge in [0.2, 0.25) is 0 Å². The van der Waals surface area contributed by atoms with Crippen LogP contribution in [0.1, 0.15) is 63.9 Å². The lowest BCUT2D eigenvalue weighted by Crippen LogP contribution is -2.38. The number of nitrogens with one attached hydrogen (secondary N) is 1. The van der Waals surface area contributed by atoms with Crippen molar-refractivity contribution in [1.29, 1.82) is 0 Å². The Hall–Kier alpha value is -3.21. The van der Waals surface area contributed by atoms with Gasteiger partial charge in [-0.1, -0.05) is 38.3 Å². The van der Waals surface area contributed by atoms with Crippen LogP contribution in [-0.2, 0) is 5.54 Å². The van der Waals surface area contributed by atoms with Crippen LogP contribution < -0.4 is 10.2 Å². The van der Waals surface area contributed by atoms with Crippen LogP contribution in [0, 0.1) is 5.82 Å². The fraction of sp³-hybridized carbons (Fsp3) is 0.333. The van der Waals surface area contributed by atoms with E-state index in [2.05, 4.69) is 61.3 Å². The van der Waals surface area contributed by atoms with Crippen molar-refractivity contribution in [2.75, 3.05) is 11.4 Å². The quantitative estimate of drug-likeness (QED) is 0.416. The first-order chi connectivity index (χ1) is 15.1. The molecular formula is C27H33FN4. The SMILES string of the molecule is C=C(C)N=C(/C=C\C)N1CCC(C)c2nc(C(C)(C)NC(=C)c3ccc(F)cc3)ccc21. The van der Waals surface area contributed by atoms with Gasteiger partial charge in [0, 0.05) is 23.9 Å². The highest BCUT2D eigenvalue weighted by Crippen LogP contribution is 2.36. The van der Waals surface area contributed by atoms with E-state index in [1.54, 1.807) is 12.1 Å². The Morgan fingerprint density at radius 1 is 1.22 bits per heavy atom. The van der Waals surface area contributed by atoms with Crippen molar-refractivity contribution >= 4 is 17.2 Å². The third kappa shape index (κ3) is 5.16. The van der Waals surface area contributed by atoms with Crippen molar-refractivity contribution in [2.45, 2.75) is 52.5 Å². The molecule has 4 nitrogen and oxygen atoms in total. The van der Waals surface area contributed by atoms with Crippen LogP contribution in [-0.4, -0.2) is 17.4 Å². The van der Waals surface area contributed by atoms with E-state index in [-0.39, 0.29) is 5.82 Å². The zero-order valence-corrected chi connectivity index (χ0v) is 19.7. The maximum absolute atomic E-state index is 13.3. The normalized spacial score (nSPS) is 16.8. The number of amidine groups is 1. The van der Waals surface area contributed by atoms with E-state index in [0.717, 1.165) is 52.8 Å². The average molecular weight is 433 g/mol. The summed E-state index contributed by atoms with van der Waals surface area (Å²) in [7, 11) is 0. The second kappa shape index (κ2) is 9.51. The molecule has 0 amide bonds. The summed E-state index contributed by atoms with van der Waals surface area (Å²) in [4.78, 5) is 12.0. The lowest BCUT2D eigenvalue weighted by molar-refractivity contribution is 0.457. The highest BCUT2D eigenvalue weighted by atomic mass is 19.1. The third-order valence-electron chi connectivity index (χ3n) is 5.64. The van der Waals surface area contributed by atoms with Gasteiger partial charge in [-0.25, -0.2) is 9.38 Å². The second-order valence-corrected chi connectivity index (χ2v) is 8.88. The molecule has 0 bridgehead atoms. The average Bonchev–Trinajstić information content (AvgIpc) is 2.73. The molecule has 0 saturated carbocycles. The molecule has 1 unspecified atom stereocenters. The van der Waals surface area contributed by atoms with E-state index in [1.807, 2.05) is 26.0 Å². The minimum Gasteiger partial charge on any atom is -0.375 e. The predicted molar refractivity (Wildman–Crippen MR) is 133 cm³/mol. The summed E-state index contributed by atoms with van der Waals surface area (Å²) in [5.41, 5.74) is 4.97. The van der Waals surface area contributed by atoms with Gasteiger partial charge in [-0.15, -0.1) is 0 Å². The first kappa shape index (κ1) is 23.5. The number of halogens is 1. The van der Waals surface area contributed by atoms with Crippen molar-refractivity contribution < 1.29 is 4.39 Å². The highest BCUT2D eigenvalue weighted by Gasteiger charge is 2.30. The van der Waals surface area contributed by atoms with Gasteiger partial charge in [0.15, 0.2) is 0 Å². The molecule has 1 aromatic carbocycles. The van der Waals surface area contributed by atoms with Crippen LogP contribution in [0.25, 0.3) is 5.70 Å². The number of aromatic nitrogens is 1. The van der Waals surface area contributed by atoms with E-state index < -0.39 is 5.54 Å². The van der Waals surface area contributed by atoms with Gasteiger partial charge in [-0.05, 0) is 70.0 Å². The molecule has 5 heteroatoms. The zero-order chi connectivity index (χ0) is 23.5. The number of hydrogen-bond acceptors (Lipinski definition) is 3. The van der Waals surface area contributed by atoms with Crippen LogP contribution in [0.5, 0.6) is 0 Å². The van der Waals surface area contributed by atoms with Crippen molar-refractivity contribution in [3.63, 3.8) is 0 Å². The maximum Gasteiger partial charge on any atom is 0.132 e. The molecule has 0 radical (unpaired) electrons. The minimum absolute atomic E-state index is 0.261. The van der Waals surface area contributed by atoms with E-state index in [4.69, 9.17) is 4.98 Å². The number of anilines is 1. The van der Waals surface area contributed by atoms with E-state index >= 15 is 0 Å². The Labute approximate surface area is 191 Å². The van der Waals surface area contributed by atoms with Crippen molar-refractivity contribution in [3.8, 4) is 0 Å². The number of hydrogen-bond donors (Lipinski definition) is 1. The lowest BCUT2D eigenvalue weighted by Gasteiger charge is -2.35. The van der Waals surface area contributed by atoms with Crippen LogP contribution >= 0.6 is 0 Å². The van der Waals surface area contributed by atoms with Crippen molar-refractivity contribution in [2.24, 2.45) is 4.99 Å². The number of benzene rings is 1. The van der Waals surface area contributed by atoms with Gasteiger partial charge >= 0.3 is 0 Å². The molecule has 168 valence electrons. The van der Waals surface area contributed by atoms with Crippen molar-refractivity contribution in [1.82, 2.24) is 10.3 Å². The Morgan fingerprint density at radius 3 is 2.53 bits per heavy atom. The van der Waals surface area contributed by atoms with Gasteiger partial charge in [0.1, 0.15) is 11.7 Å². The predicted octanol–water partition coefficient (Wildman–Crippen LogP) is 6.54. The zero-order valence-electron chi connectivity index (χ0n) is 19.7. The maximum atomic E-state index is 13.3. The van der Waals surface area contributed by atoms with Gasteiger partial charge in [-0.2, -0.15) is 0 Å². The number of rotatable bonds is 6. The Bertz CT molecular complexity index is 1060. The van der Waals surface area contributed by atoms with Crippen LogP contribution in [0.2, 0.25) is 0 Å². The summed E-state index contributed by atoms with van der Waals surface area (Å²) in [6.07, 6.45) is 5.00.